The Morgan fingerprint density at radius 3 is 2.66 bits per heavy atom. The van der Waals surface area contributed by atoms with Gasteiger partial charge in [0.25, 0.3) is 5.91 Å². The third kappa shape index (κ3) is 3.60. The Hall–Kier alpha value is -3.06. The Kier molecular flexibility index (Phi) is 5.29. The molecule has 0 bridgehead atoms. The predicted molar refractivity (Wildman–Crippen MR) is 122 cm³/mol. The zero-order valence-corrected chi connectivity index (χ0v) is 18.6. The normalized spacial score (nSPS) is 21.6. The van der Waals surface area contributed by atoms with Gasteiger partial charge < -0.3 is 10.2 Å². The zero-order valence-electron chi connectivity index (χ0n) is 18.6. The highest BCUT2D eigenvalue weighted by Crippen LogP contribution is 2.32. The van der Waals surface area contributed by atoms with E-state index >= 15 is 0 Å². The van der Waals surface area contributed by atoms with Crippen LogP contribution in [-0.4, -0.2) is 47.1 Å². The number of nitrogens with zero attached hydrogens (tertiary/aromatic N) is 3. The summed E-state index contributed by atoms with van der Waals surface area (Å²) in [5, 5.41) is 7.39. The monoisotopic (exact) mass is 432 g/mol. The van der Waals surface area contributed by atoms with Crippen LogP contribution in [0, 0.1) is 0 Å². The summed E-state index contributed by atoms with van der Waals surface area (Å²) >= 11 is 0. The van der Waals surface area contributed by atoms with Crippen LogP contribution in [0.25, 0.3) is 0 Å². The number of amides is 1. The Labute approximate surface area is 187 Å². The molecule has 1 aromatic carbocycles. The van der Waals surface area contributed by atoms with Crippen LogP contribution in [0.4, 0.5) is 5.82 Å². The molecule has 3 aliphatic rings. The fourth-order valence-corrected chi connectivity index (χ4v) is 4.80. The van der Waals surface area contributed by atoms with E-state index in [-0.39, 0.29) is 17.7 Å². The van der Waals surface area contributed by atoms with Crippen LogP contribution in [0.5, 0.6) is 0 Å². The number of hydrogen-bond acceptors (Lipinski definition) is 6. The van der Waals surface area contributed by atoms with E-state index in [0.717, 1.165) is 51.0 Å². The number of fused-ring (bicyclic) bond motifs is 1. The number of ketones is 1. The van der Waals surface area contributed by atoms with Gasteiger partial charge in [0.2, 0.25) is 5.78 Å². The van der Waals surface area contributed by atoms with Crippen molar-refractivity contribution in [2.75, 3.05) is 18.0 Å². The molecule has 2 aliphatic heterocycles. The second-order valence-electron chi connectivity index (χ2n) is 9.25. The van der Waals surface area contributed by atoms with E-state index < -0.39 is 5.60 Å². The van der Waals surface area contributed by atoms with Gasteiger partial charge in [0.1, 0.15) is 5.82 Å². The summed E-state index contributed by atoms with van der Waals surface area (Å²) in [5.41, 5.74) is 3.07. The first-order valence-electron chi connectivity index (χ1n) is 11.4. The summed E-state index contributed by atoms with van der Waals surface area (Å²) in [4.78, 5) is 38.1. The third-order valence-electron chi connectivity index (χ3n) is 6.62. The summed E-state index contributed by atoms with van der Waals surface area (Å²) in [6.45, 7) is 5.13. The number of aryl methyl sites for hydroxylation is 1. The van der Waals surface area contributed by atoms with Crippen molar-refractivity contribution in [1.82, 2.24) is 10.3 Å². The quantitative estimate of drug-likeness (QED) is 0.803. The van der Waals surface area contributed by atoms with Crippen LogP contribution in [0.1, 0.15) is 60.2 Å². The topological polar surface area (TPSA) is 83.9 Å². The van der Waals surface area contributed by atoms with Crippen molar-refractivity contribution < 1.29 is 14.4 Å². The van der Waals surface area contributed by atoms with Crippen LogP contribution >= 0.6 is 0 Å². The minimum Gasteiger partial charge on any atom is -0.381 e. The van der Waals surface area contributed by atoms with Gasteiger partial charge in [0.15, 0.2) is 11.3 Å². The molecule has 0 saturated carbocycles. The minimum atomic E-state index is -0.950. The molecule has 3 heterocycles. The molecule has 7 heteroatoms. The standard InChI is InChI=1S/C25H28N4O3/c1-25(2)22(30)21(28-32-25)17-8-10-18(11-9-17)24(31)29(19-6-4-13-26-15-19)23-20-7-3-5-16(20)12-14-27-23/h8-12,14,19,26H,3-7,13,15H2,1-2H3. The molecule has 1 atom stereocenters. The number of aromatic nitrogens is 1. The second-order valence-corrected chi connectivity index (χ2v) is 9.25. The predicted octanol–water partition coefficient (Wildman–Crippen LogP) is 3.05. The molecule has 1 saturated heterocycles. The average molecular weight is 433 g/mol. The van der Waals surface area contributed by atoms with E-state index in [4.69, 9.17) is 4.84 Å². The first kappa shape index (κ1) is 20.8. The molecule has 1 aromatic heterocycles. The van der Waals surface area contributed by atoms with Gasteiger partial charge >= 0.3 is 0 Å². The lowest BCUT2D eigenvalue weighted by atomic mass is 9.95. The van der Waals surface area contributed by atoms with Crippen molar-refractivity contribution in [1.29, 1.82) is 0 Å². The van der Waals surface area contributed by atoms with Crippen molar-refractivity contribution in [2.45, 2.75) is 57.6 Å². The van der Waals surface area contributed by atoms with Crippen LogP contribution in [0.15, 0.2) is 41.7 Å². The lowest BCUT2D eigenvalue weighted by Gasteiger charge is -2.35. The maximum Gasteiger partial charge on any atom is 0.259 e. The Morgan fingerprint density at radius 2 is 1.97 bits per heavy atom. The number of oxime groups is 1. The summed E-state index contributed by atoms with van der Waals surface area (Å²) in [6, 6.07) is 9.22. The number of rotatable bonds is 4. The average Bonchev–Trinajstić information content (AvgIpc) is 3.40. The SMILES string of the molecule is CC1(C)ON=C(c2ccc(C(=O)N(c3nccc4c3CCC4)C3CCCNC3)cc2)C1=O. The number of pyridine rings is 1. The van der Waals surface area contributed by atoms with Gasteiger partial charge in [-0.15, -0.1) is 0 Å². The lowest BCUT2D eigenvalue weighted by Crippen LogP contribution is -2.49. The molecule has 1 amide bonds. The number of Topliss-reactive ketones (excluding diaryl/α,β-unsaturated/α-hetero) is 1. The Bertz CT molecular complexity index is 1080. The first-order valence-corrected chi connectivity index (χ1v) is 11.4. The number of nitrogens with one attached hydrogen (secondary N) is 1. The maximum absolute atomic E-state index is 13.8. The molecule has 1 fully saturated rings. The number of anilines is 1. The summed E-state index contributed by atoms with van der Waals surface area (Å²) in [6.07, 6.45) is 6.89. The van der Waals surface area contributed by atoms with Crippen molar-refractivity contribution >= 4 is 23.2 Å². The van der Waals surface area contributed by atoms with Crippen molar-refractivity contribution in [2.24, 2.45) is 5.16 Å². The fourth-order valence-electron chi connectivity index (χ4n) is 4.80. The largest absolute Gasteiger partial charge is 0.381 e. The number of carbonyl (C=O) groups is 2. The number of carbonyl (C=O) groups excluding carboxylic acids is 2. The van der Waals surface area contributed by atoms with Crippen molar-refractivity contribution in [3.8, 4) is 0 Å². The summed E-state index contributed by atoms with van der Waals surface area (Å²) in [7, 11) is 0. The molecule has 0 radical (unpaired) electrons. The molecule has 2 aromatic rings. The van der Waals surface area contributed by atoms with Crippen LogP contribution in [0.2, 0.25) is 0 Å². The van der Waals surface area contributed by atoms with E-state index in [1.807, 2.05) is 11.1 Å². The molecule has 1 N–H and O–H groups in total. The van der Waals surface area contributed by atoms with Gasteiger partial charge in [-0.3, -0.25) is 14.5 Å². The van der Waals surface area contributed by atoms with Gasteiger partial charge in [0.05, 0.1) is 6.04 Å². The smallest absolute Gasteiger partial charge is 0.259 e. The highest BCUT2D eigenvalue weighted by atomic mass is 16.7. The molecule has 1 unspecified atom stereocenters. The van der Waals surface area contributed by atoms with Crippen LogP contribution in [-0.2, 0) is 22.5 Å². The number of benzene rings is 1. The highest BCUT2D eigenvalue weighted by Gasteiger charge is 2.40. The Balaban J connectivity index is 1.47. The van der Waals surface area contributed by atoms with E-state index in [1.165, 1.54) is 11.1 Å². The van der Waals surface area contributed by atoms with Crippen molar-refractivity contribution in [3.63, 3.8) is 0 Å². The second kappa shape index (κ2) is 8.13. The van der Waals surface area contributed by atoms with E-state index in [0.29, 0.717) is 16.8 Å². The van der Waals surface area contributed by atoms with E-state index in [9.17, 15) is 9.59 Å². The van der Waals surface area contributed by atoms with E-state index in [2.05, 4.69) is 21.5 Å². The van der Waals surface area contributed by atoms with Gasteiger partial charge in [0, 0.05) is 23.9 Å². The molecule has 7 nitrogen and oxygen atoms in total. The minimum absolute atomic E-state index is 0.0607. The van der Waals surface area contributed by atoms with Crippen molar-refractivity contribution in [3.05, 3.63) is 58.8 Å². The number of hydrogen-bond donors (Lipinski definition) is 1. The summed E-state index contributed by atoms with van der Waals surface area (Å²) in [5.74, 6) is 0.582. The molecule has 0 spiro atoms. The molecule has 166 valence electrons. The zero-order chi connectivity index (χ0) is 22.3. The highest BCUT2D eigenvalue weighted by molar-refractivity contribution is 6.49. The summed E-state index contributed by atoms with van der Waals surface area (Å²) < 4.78 is 0. The molecule has 1 aliphatic carbocycles. The van der Waals surface area contributed by atoms with Gasteiger partial charge in [-0.05, 0) is 81.8 Å². The van der Waals surface area contributed by atoms with E-state index in [1.54, 1.807) is 38.1 Å². The van der Waals surface area contributed by atoms with Gasteiger partial charge in [-0.2, -0.15) is 0 Å². The maximum atomic E-state index is 13.8. The van der Waals surface area contributed by atoms with Gasteiger partial charge in [-0.25, -0.2) is 4.98 Å². The number of piperidine rings is 1. The first-order chi connectivity index (χ1) is 15.5. The Morgan fingerprint density at radius 1 is 1.16 bits per heavy atom. The fraction of sp³-hybridized carbons (Fsp3) is 0.440. The third-order valence-corrected chi connectivity index (χ3v) is 6.62. The van der Waals surface area contributed by atoms with Gasteiger partial charge in [-0.1, -0.05) is 17.3 Å². The molecule has 32 heavy (non-hydrogen) atoms. The lowest BCUT2D eigenvalue weighted by molar-refractivity contribution is -0.128. The van der Waals surface area contributed by atoms with Crippen LogP contribution in [0.3, 0.4) is 0 Å². The molecule has 5 rings (SSSR count). The molecular weight excluding hydrogens is 404 g/mol. The van der Waals surface area contributed by atoms with Crippen LogP contribution < -0.4 is 10.2 Å². The molecular formula is C25H28N4O3.